The van der Waals surface area contributed by atoms with Gasteiger partial charge in [0.2, 0.25) is 0 Å². The third-order valence-electron chi connectivity index (χ3n) is 2.95. The number of nitrogens with one attached hydrogen (secondary N) is 1. The third-order valence-corrected chi connectivity index (χ3v) is 2.95. The average molecular weight is 217 g/mol. The second-order valence-electron chi connectivity index (χ2n) is 4.15. The van der Waals surface area contributed by atoms with Crippen molar-refractivity contribution in [2.75, 3.05) is 13.1 Å². The molecule has 2 heterocycles. The maximum atomic E-state index is 11.4. The van der Waals surface area contributed by atoms with Crippen molar-refractivity contribution in [2.24, 2.45) is 0 Å². The number of rotatable bonds is 2. The number of nitriles is 1. The number of pyridine rings is 1. The largest absolute Gasteiger partial charge is 0.325 e. The highest BCUT2D eigenvalue weighted by atomic mass is 16.1. The molecule has 1 N–H and O–H groups in total. The highest BCUT2D eigenvalue weighted by Gasteiger charge is 2.17. The predicted molar refractivity (Wildman–Crippen MR) is 61.0 cm³/mol. The molecular formula is C12H15N3O. The van der Waals surface area contributed by atoms with Crippen LogP contribution in [0.4, 0.5) is 0 Å². The van der Waals surface area contributed by atoms with Gasteiger partial charge in [0.25, 0.3) is 5.56 Å². The summed E-state index contributed by atoms with van der Waals surface area (Å²) in [4.78, 5) is 16.6. The molecule has 0 unspecified atom stereocenters. The van der Waals surface area contributed by atoms with Crippen LogP contribution < -0.4 is 5.56 Å². The summed E-state index contributed by atoms with van der Waals surface area (Å²) in [7, 11) is 0. The van der Waals surface area contributed by atoms with Gasteiger partial charge < -0.3 is 4.98 Å². The van der Waals surface area contributed by atoms with Crippen LogP contribution in [0.3, 0.4) is 0 Å². The molecule has 16 heavy (non-hydrogen) atoms. The first-order valence-corrected chi connectivity index (χ1v) is 5.62. The fourth-order valence-electron chi connectivity index (χ4n) is 2.16. The Labute approximate surface area is 94.5 Å². The Morgan fingerprint density at radius 3 is 3.12 bits per heavy atom. The van der Waals surface area contributed by atoms with Gasteiger partial charge in [-0.25, -0.2) is 0 Å². The lowest BCUT2D eigenvalue weighted by Gasteiger charge is -2.27. The Morgan fingerprint density at radius 2 is 2.44 bits per heavy atom. The number of H-pyrrole nitrogens is 1. The van der Waals surface area contributed by atoms with Crippen LogP contribution >= 0.6 is 0 Å². The molecule has 4 nitrogen and oxygen atoms in total. The van der Waals surface area contributed by atoms with Crippen molar-refractivity contribution in [1.29, 1.82) is 5.26 Å². The molecule has 0 bridgehead atoms. The molecule has 0 saturated carbocycles. The van der Waals surface area contributed by atoms with Gasteiger partial charge in [0.15, 0.2) is 0 Å². The van der Waals surface area contributed by atoms with Crippen LogP contribution in [0, 0.1) is 11.3 Å². The molecule has 0 radical (unpaired) electrons. The zero-order chi connectivity index (χ0) is 11.5. The van der Waals surface area contributed by atoms with E-state index in [4.69, 9.17) is 5.26 Å². The van der Waals surface area contributed by atoms with Crippen molar-refractivity contribution in [3.63, 3.8) is 0 Å². The summed E-state index contributed by atoms with van der Waals surface area (Å²) in [5.74, 6) is 0. The zero-order valence-electron chi connectivity index (χ0n) is 9.42. The fraction of sp³-hybridized carbons (Fsp3) is 0.500. The first-order valence-electron chi connectivity index (χ1n) is 5.62. The number of aromatic amines is 1. The Hall–Kier alpha value is -1.60. The number of nitrogens with zero attached hydrogens (tertiary/aromatic N) is 2. The van der Waals surface area contributed by atoms with E-state index in [1.165, 1.54) is 0 Å². The van der Waals surface area contributed by atoms with Crippen molar-refractivity contribution in [3.05, 3.63) is 33.2 Å². The van der Waals surface area contributed by atoms with Gasteiger partial charge in [-0.3, -0.25) is 9.69 Å². The monoisotopic (exact) mass is 217 g/mol. The number of hydrogen-bond acceptors (Lipinski definition) is 3. The Bertz CT molecular complexity index is 484. The van der Waals surface area contributed by atoms with E-state index in [1.54, 1.807) is 6.07 Å². The molecule has 2 rings (SSSR count). The molecular weight excluding hydrogens is 202 g/mol. The summed E-state index contributed by atoms with van der Waals surface area (Å²) in [5.41, 5.74) is 2.05. The molecule has 84 valence electrons. The van der Waals surface area contributed by atoms with E-state index in [2.05, 4.69) is 16.8 Å². The van der Waals surface area contributed by atoms with E-state index in [9.17, 15) is 4.79 Å². The summed E-state index contributed by atoms with van der Waals surface area (Å²) in [6.45, 7) is 5.06. The molecule has 0 atom stereocenters. The molecule has 1 aliphatic heterocycles. The van der Waals surface area contributed by atoms with Gasteiger partial charge in [-0.1, -0.05) is 6.92 Å². The average Bonchev–Trinajstić information content (AvgIpc) is 2.29. The maximum Gasteiger partial charge on any atom is 0.266 e. The van der Waals surface area contributed by atoms with Crippen LogP contribution in [0.1, 0.15) is 30.2 Å². The smallest absolute Gasteiger partial charge is 0.266 e. The zero-order valence-corrected chi connectivity index (χ0v) is 9.42. The predicted octanol–water partition coefficient (Wildman–Crippen LogP) is 1.01. The summed E-state index contributed by atoms with van der Waals surface area (Å²) < 4.78 is 0. The first-order chi connectivity index (χ1) is 7.74. The second kappa shape index (κ2) is 4.50. The summed E-state index contributed by atoms with van der Waals surface area (Å²) >= 11 is 0. The van der Waals surface area contributed by atoms with Gasteiger partial charge in [-0.15, -0.1) is 0 Å². The topological polar surface area (TPSA) is 59.9 Å². The number of fused-ring (bicyclic) bond motifs is 1. The lowest BCUT2D eigenvalue weighted by molar-refractivity contribution is 0.252. The van der Waals surface area contributed by atoms with Crippen LogP contribution in [-0.4, -0.2) is 23.0 Å². The number of hydrogen-bond donors (Lipinski definition) is 1. The summed E-state index contributed by atoms with van der Waals surface area (Å²) in [6, 6.07) is 3.66. The molecule has 0 amide bonds. The standard InChI is InChI=1S/C12H15N3O/c1-2-4-15-5-3-11-10(8-15)6-9(7-13)12(16)14-11/h6H,2-5,8H2,1H3,(H,14,16). The van der Waals surface area contributed by atoms with E-state index < -0.39 is 0 Å². The van der Waals surface area contributed by atoms with Crippen molar-refractivity contribution in [1.82, 2.24) is 9.88 Å². The van der Waals surface area contributed by atoms with Crippen LogP contribution in [-0.2, 0) is 13.0 Å². The Kier molecular flexibility index (Phi) is 3.07. The third kappa shape index (κ3) is 2.00. The van der Waals surface area contributed by atoms with Crippen molar-refractivity contribution in [3.8, 4) is 6.07 Å². The highest BCUT2D eigenvalue weighted by molar-refractivity contribution is 5.34. The van der Waals surface area contributed by atoms with Gasteiger partial charge in [-0.05, 0) is 24.6 Å². The van der Waals surface area contributed by atoms with Crippen molar-refractivity contribution < 1.29 is 0 Å². The van der Waals surface area contributed by atoms with Crippen LogP contribution in [0.25, 0.3) is 0 Å². The molecule has 0 spiro atoms. The van der Waals surface area contributed by atoms with Crippen molar-refractivity contribution in [2.45, 2.75) is 26.3 Å². The van der Waals surface area contributed by atoms with E-state index in [0.29, 0.717) is 0 Å². The molecule has 0 saturated heterocycles. The van der Waals surface area contributed by atoms with Gasteiger partial charge in [-0.2, -0.15) is 5.26 Å². The first kappa shape index (κ1) is 10.9. The van der Waals surface area contributed by atoms with Crippen LogP contribution in [0.5, 0.6) is 0 Å². The molecule has 0 aliphatic carbocycles. The molecule has 4 heteroatoms. The van der Waals surface area contributed by atoms with Crippen molar-refractivity contribution >= 4 is 0 Å². The van der Waals surface area contributed by atoms with Gasteiger partial charge >= 0.3 is 0 Å². The fourth-order valence-corrected chi connectivity index (χ4v) is 2.16. The summed E-state index contributed by atoms with van der Waals surface area (Å²) in [5, 5.41) is 8.81. The summed E-state index contributed by atoms with van der Waals surface area (Å²) in [6.07, 6.45) is 2.00. The lowest BCUT2D eigenvalue weighted by Crippen LogP contribution is -2.33. The lowest BCUT2D eigenvalue weighted by atomic mass is 10.0. The Morgan fingerprint density at radius 1 is 1.62 bits per heavy atom. The maximum absolute atomic E-state index is 11.4. The minimum absolute atomic E-state index is 0.220. The van der Waals surface area contributed by atoms with E-state index in [-0.39, 0.29) is 11.1 Å². The number of aromatic nitrogens is 1. The molecule has 1 aliphatic rings. The molecule has 0 fully saturated rings. The van der Waals surface area contributed by atoms with Crippen LogP contribution in [0.2, 0.25) is 0 Å². The molecule has 0 aromatic carbocycles. The normalized spacial score (nSPS) is 15.5. The van der Waals surface area contributed by atoms with E-state index in [1.807, 2.05) is 6.07 Å². The minimum atomic E-state index is -0.259. The van der Waals surface area contributed by atoms with Crippen LogP contribution in [0.15, 0.2) is 10.9 Å². The van der Waals surface area contributed by atoms with Gasteiger partial charge in [0.05, 0.1) is 0 Å². The Balaban J connectivity index is 2.31. The second-order valence-corrected chi connectivity index (χ2v) is 4.15. The highest BCUT2D eigenvalue weighted by Crippen LogP contribution is 2.16. The quantitative estimate of drug-likeness (QED) is 0.804. The SMILES string of the molecule is CCCN1CCc2[nH]c(=O)c(C#N)cc2C1. The van der Waals surface area contributed by atoms with E-state index >= 15 is 0 Å². The van der Waals surface area contributed by atoms with Gasteiger partial charge in [0, 0.05) is 25.2 Å². The minimum Gasteiger partial charge on any atom is -0.325 e. The molecule has 1 aromatic heterocycles. The van der Waals surface area contributed by atoms with E-state index in [0.717, 1.165) is 43.7 Å². The van der Waals surface area contributed by atoms with Gasteiger partial charge in [0.1, 0.15) is 11.6 Å². The molecule has 1 aromatic rings.